The van der Waals surface area contributed by atoms with E-state index in [0.29, 0.717) is 6.04 Å². The fraction of sp³-hybridized carbons (Fsp3) is 0.500. The molecule has 1 saturated heterocycles. The molecule has 0 spiro atoms. The maximum absolute atomic E-state index is 4.42. The van der Waals surface area contributed by atoms with Crippen LogP contribution < -0.4 is 0 Å². The van der Waals surface area contributed by atoms with Gasteiger partial charge in [-0.05, 0) is 30.9 Å². The lowest BCUT2D eigenvalue weighted by atomic mass is 10.1. The summed E-state index contributed by atoms with van der Waals surface area (Å²) in [6, 6.07) is 9.65. The smallest absolute Gasteiger partial charge is 0.120 e. The van der Waals surface area contributed by atoms with Crippen LogP contribution >= 0.6 is 0 Å². The molecule has 4 heteroatoms. The number of nitrogens with one attached hydrogen (secondary N) is 1. The first-order chi connectivity index (χ1) is 10.8. The van der Waals surface area contributed by atoms with Gasteiger partial charge >= 0.3 is 0 Å². The Morgan fingerprint density at radius 2 is 1.77 bits per heavy atom. The molecule has 0 unspecified atom stereocenters. The standard InChI is InChI=1S/C18H24N4/c1-14-12-19-18(20-14)13-21-6-8-22(9-7-21)17-10-15-4-2-3-5-16(15)11-17/h2-5,12,17H,6-11,13H2,1H3,(H,19,20). The number of nitrogens with zero attached hydrogens (tertiary/aromatic N) is 3. The van der Waals surface area contributed by atoms with Crippen molar-refractivity contribution in [3.63, 3.8) is 0 Å². The molecule has 1 aliphatic heterocycles. The van der Waals surface area contributed by atoms with Crippen molar-refractivity contribution < 1.29 is 0 Å². The lowest BCUT2D eigenvalue weighted by Crippen LogP contribution is -2.50. The molecule has 0 bridgehead atoms. The molecule has 4 nitrogen and oxygen atoms in total. The lowest BCUT2D eigenvalue weighted by molar-refractivity contribution is 0.0935. The normalized spacial score (nSPS) is 20.4. The van der Waals surface area contributed by atoms with E-state index >= 15 is 0 Å². The molecule has 22 heavy (non-hydrogen) atoms. The van der Waals surface area contributed by atoms with E-state index in [1.165, 1.54) is 25.9 Å². The van der Waals surface area contributed by atoms with E-state index in [-0.39, 0.29) is 0 Å². The Bertz CT molecular complexity index is 615. The molecular weight excluding hydrogens is 272 g/mol. The molecule has 2 heterocycles. The SMILES string of the molecule is Cc1cnc(CN2CCN(C3Cc4ccccc4C3)CC2)[nH]1. The van der Waals surface area contributed by atoms with Gasteiger partial charge < -0.3 is 4.98 Å². The molecule has 0 atom stereocenters. The predicted octanol–water partition coefficient (Wildman–Crippen LogP) is 2.00. The van der Waals surface area contributed by atoms with Crippen LogP contribution in [0, 0.1) is 6.92 Å². The quantitative estimate of drug-likeness (QED) is 0.941. The second-order valence-corrected chi connectivity index (χ2v) is 6.66. The van der Waals surface area contributed by atoms with E-state index in [0.717, 1.165) is 31.2 Å². The van der Waals surface area contributed by atoms with E-state index in [4.69, 9.17) is 0 Å². The van der Waals surface area contributed by atoms with Crippen molar-refractivity contribution in [2.75, 3.05) is 26.2 Å². The second-order valence-electron chi connectivity index (χ2n) is 6.66. The average Bonchev–Trinajstić information content (AvgIpc) is 3.14. The fourth-order valence-corrected chi connectivity index (χ4v) is 3.84. The Balaban J connectivity index is 1.31. The number of rotatable bonds is 3. The molecule has 1 N–H and O–H groups in total. The maximum atomic E-state index is 4.42. The Labute approximate surface area is 132 Å². The molecule has 0 saturated carbocycles. The lowest BCUT2D eigenvalue weighted by Gasteiger charge is -2.37. The van der Waals surface area contributed by atoms with Gasteiger partial charge in [0, 0.05) is 44.1 Å². The Hall–Kier alpha value is -1.65. The number of aryl methyl sites for hydroxylation is 1. The van der Waals surface area contributed by atoms with E-state index in [1.807, 2.05) is 6.20 Å². The maximum Gasteiger partial charge on any atom is 0.120 e. The van der Waals surface area contributed by atoms with Gasteiger partial charge in [0.05, 0.1) is 6.54 Å². The number of H-pyrrole nitrogens is 1. The number of piperazine rings is 1. The van der Waals surface area contributed by atoms with Crippen molar-refractivity contribution in [1.82, 2.24) is 19.8 Å². The molecule has 0 radical (unpaired) electrons. The van der Waals surface area contributed by atoms with Gasteiger partial charge in [-0.3, -0.25) is 9.80 Å². The van der Waals surface area contributed by atoms with Crippen molar-refractivity contribution in [1.29, 1.82) is 0 Å². The summed E-state index contributed by atoms with van der Waals surface area (Å²) >= 11 is 0. The number of hydrogen-bond donors (Lipinski definition) is 1. The zero-order valence-corrected chi connectivity index (χ0v) is 13.3. The van der Waals surface area contributed by atoms with E-state index in [1.54, 1.807) is 11.1 Å². The van der Waals surface area contributed by atoms with Crippen molar-refractivity contribution in [3.05, 3.63) is 53.1 Å². The largest absolute Gasteiger partial charge is 0.345 e. The first-order valence-corrected chi connectivity index (χ1v) is 8.31. The van der Waals surface area contributed by atoms with Crippen molar-refractivity contribution in [3.8, 4) is 0 Å². The van der Waals surface area contributed by atoms with Gasteiger partial charge in [0.15, 0.2) is 0 Å². The highest BCUT2D eigenvalue weighted by atomic mass is 15.3. The number of aromatic nitrogens is 2. The third kappa shape index (κ3) is 2.81. The highest BCUT2D eigenvalue weighted by molar-refractivity contribution is 5.33. The summed E-state index contributed by atoms with van der Waals surface area (Å²) in [7, 11) is 0. The van der Waals surface area contributed by atoms with Crippen molar-refractivity contribution >= 4 is 0 Å². The minimum atomic E-state index is 0.713. The van der Waals surface area contributed by atoms with Crippen LogP contribution in [0.25, 0.3) is 0 Å². The van der Waals surface area contributed by atoms with E-state index < -0.39 is 0 Å². The Morgan fingerprint density at radius 3 is 2.36 bits per heavy atom. The van der Waals surface area contributed by atoms with E-state index in [2.05, 4.69) is 51.0 Å². The first-order valence-electron chi connectivity index (χ1n) is 8.31. The minimum Gasteiger partial charge on any atom is -0.345 e. The monoisotopic (exact) mass is 296 g/mol. The highest BCUT2D eigenvalue weighted by Gasteiger charge is 2.29. The first kappa shape index (κ1) is 14.0. The average molecular weight is 296 g/mol. The number of imidazole rings is 1. The number of benzene rings is 1. The summed E-state index contributed by atoms with van der Waals surface area (Å²) in [5.41, 5.74) is 4.26. The van der Waals surface area contributed by atoms with Crippen LogP contribution in [0.5, 0.6) is 0 Å². The molecule has 116 valence electrons. The predicted molar refractivity (Wildman–Crippen MR) is 87.8 cm³/mol. The topological polar surface area (TPSA) is 35.2 Å². The third-order valence-electron chi connectivity index (χ3n) is 5.08. The molecule has 0 amide bonds. The van der Waals surface area contributed by atoms with Crippen LogP contribution in [0.4, 0.5) is 0 Å². The Kier molecular flexibility index (Phi) is 3.72. The van der Waals surface area contributed by atoms with Gasteiger partial charge in [-0.2, -0.15) is 0 Å². The minimum absolute atomic E-state index is 0.713. The number of hydrogen-bond acceptors (Lipinski definition) is 3. The summed E-state index contributed by atoms with van der Waals surface area (Å²) < 4.78 is 0. The molecule has 1 aliphatic carbocycles. The summed E-state index contributed by atoms with van der Waals surface area (Å²) in [5.74, 6) is 1.10. The van der Waals surface area contributed by atoms with Crippen LogP contribution in [-0.2, 0) is 19.4 Å². The zero-order valence-electron chi connectivity index (χ0n) is 13.3. The molecule has 1 aromatic heterocycles. The third-order valence-corrected chi connectivity index (χ3v) is 5.08. The summed E-state index contributed by atoms with van der Waals surface area (Å²) in [6.45, 7) is 7.66. The van der Waals surface area contributed by atoms with Crippen LogP contribution in [0.1, 0.15) is 22.6 Å². The van der Waals surface area contributed by atoms with Gasteiger partial charge in [-0.25, -0.2) is 4.98 Å². The molecule has 1 aromatic carbocycles. The summed E-state index contributed by atoms with van der Waals surface area (Å²) in [4.78, 5) is 13.0. The van der Waals surface area contributed by atoms with Gasteiger partial charge in [0.2, 0.25) is 0 Å². The number of fused-ring (bicyclic) bond motifs is 1. The zero-order chi connectivity index (χ0) is 14.9. The van der Waals surface area contributed by atoms with Gasteiger partial charge in [0.25, 0.3) is 0 Å². The molecule has 1 fully saturated rings. The second kappa shape index (κ2) is 5.86. The summed E-state index contributed by atoms with van der Waals surface area (Å²) in [6.07, 6.45) is 4.38. The Morgan fingerprint density at radius 1 is 1.09 bits per heavy atom. The molecule has 2 aliphatic rings. The van der Waals surface area contributed by atoms with Gasteiger partial charge in [0.1, 0.15) is 5.82 Å². The van der Waals surface area contributed by atoms with Crippen LogP contribution in [0.3, 0.4) is 0 Å². The fourth-order valence-electron chi connectivity index (χ4n) is 3.84. The van der Waals surface area contributed by atoms with Crippen molar-refractivity contribution in [2.24, 2.45) is 0 Å². The summed E-state index contributed by atoms with van der Waals surface area (Å²) in [5, 5.41) is 0. The van der Waals surface area contributed by atoms with Crippen LogP contribution in [-0.4, -0.2) is 52.0 Å². The van der Waals surface area contributed by atoms with Crippen LogP contribution in [0.2, 0.25) is 0 Å². The number of aromatic amines is 1. The van der Waals surface area contributed by atoms with Crippen LogP contribution in [0.15, 0.2) is 30.5 Å². The van der Waals surface area contributed by atoms with Gasteiger partial charge in [-0.1, -0.05) is 24.3 Å². The molecule has 2 aromatic rings. The molecule has 4 rings (SSSR count). The molecular formula is C18H24N4. The highest BCUT2D eigenvalue weighted by Crippen LogP contribution is 2.26. The van der Waals surface area contributed by atoms with Gasteiger partial charge in [-0.15, -0.1) is 0 Å². The van der Waals surface area contributed by atoms with Crippen molar-refractivity contribution in [2.45, 2.75) is 32.4 Å². The van der Waals surface area contributed by atoms with E-state index in [9.17, 15) is 0 Å².